The van der Waals surface area contributed by atoms with Crippen molar-refractivity contribution in [3.8, 4) is 11.5 Å². The maximum Gasteiger partial charge on any atom is 0.416 e. The minimum Gasteiger partial charge on any atom is -0.454 e. The number of rotatable bonds is 4. The van der Waals surface area contributed by atoms with Gasteiger partial charge in [0.25, 0.3) is 0 Å². The van der Waals surface area contributed by atoms with Crippen molar-refractivity contribution in [1.82, 2.24) is 0 Å². The molecule has 1 aliphatic heterocycles. The van der Waals surface area contributed by atoms with E-state index in [2.05, 4.69) is 5.32 Å². The Morgan fingerprint density at radius 1 is 1.12 bits per heavy atom. The first-order valence-electron chi connectivity index (χ1n) is 7.64. The summed E-state index contributed by atoms with van der Waals surface area (Å²) in [6.45, 7) is 1.34. The summed E-state index contributed by atoms with van der Waals surface area (Å²) in [6, 6.07) is 7.46. The molecule has 0 aromatic heterocycles. The smallest absolute Gasteiger partial charge is 0.416 e. The van der Waals surface area contributed by atoms with E-state index in [1.807, 2.05) is 0 Å². The molecule has 0 saturated heterocycles. The number of carbonyl (C=O) groups excluding carboxylic acids is 2. The first kappa shape index (κ1) is 17.8. The van der Waals surface area contributed by atoms with Crippen molar-refractivity contribution in [2.45, 2.75) is 19.5 Å². The molecular formula is C18H14F3NO4. The van der Waals surface area contributed by atoms with Crippen LogP contribution >= 0.6 is 0 Å². The Hall–Kier alpha value is -3.03. The average Bonchev–Trinajstić information content (AvgIpc) is 3.00. The summed E-state index contributed by atoms with van der Waals surface area (Å²) in [7, 11) is 0. The lowest BCUT2D eigenvalue weighted by molar-refractivity contribution is -0.137. The minimum absolute atomic E-state index is 0.00825. The largest absolute Gasteiger partial charge is 0.454 e. The minimum atomic E-state index is -4.48. The number of alkyl halides is 3. The van der Waals surface area contributed by atoms with E-state index in [0.29, 0.717) is 11.5 Å². The van der Waals surface area contributed by atoms with Crippen LogP contribution in [0.5, 0.6) is 11.5 Å². The van der Waals surface area contributed by atoms with Gasteiger partial charge in [0.1, 0.15) is 0 Å². The van der Waals surface area contributed by atoms with Gasteiger partial charge in [0.05, 0.1) is 17.7 Å². The molecule has 0 aliphatic carbocycles. The zero-order valence-electron chi connectivity index (χ0n) is 13.6. The lowest BCUT2D eigenvalue weighted by atomic mass is 10.1. The van der Waals surface area contributed by atoms with Crippen LogP contribution < -0.4 is 14.8 Å². The van der Waals surface area contributed by atoms with E-state index < -0.39 is 17.6 Å². The summed E-state index contributed by atoms with van der Waals surface area (Å²) < 4.78 is 48.7. The molecule has 0 bridgehead atoms. The Bertz CT molecular complexity index is 877. The van der Waals surface area contributed by atoms with E-state index in [4.69, 9.17) is 9.47 Å². The molecule has 0 saturated carbocycles. The van der Waals surface area contributed by atoms with Crippen LogP contribution in [0.1, 0.15) is 28.4 Å². The van der Waals surface area contributed by atoms with Gasteiger partial charge in [-0.15, -0.1) is 0 Å². The molecule has 0 unspecified atom stereocenters. The normalized spacial score (nSPS) is 12.8. The summed E-state index contributed by atoms with van der Waals surface area (Å²) in [6.07, 6.45) is -4.75. The summed E-state index contributed by atoms with van der Waals surface area (Å²) >= 11 is 0. The lowest BCUT2D eigenvalue weighted by Crippen LogP contribution is -2.17. The molecule has 136 valence electrons. The molecule has 3 rings (SSSR count). The van der Waals surface area contributed by atoms with Gasteiger partial charge < -0.3 is 14.8 Å². The fourth-order valence-corrected chi connectivity index (χ4v) is 2.57. The van der Waals surface area contributed by atoms with Crippen LogP contribution in [-0.2, 0) is 17.4 Å². The molecule has 26 heavy (non-hydrogen) atoms. The molecule has 0 spiro atoms. The molecular weight excluding hydrogens is 351 g/mol. The van der Waals surface area contributed by atoms with Crippen LogP contribution in [0.15, 0.2) is 36.4 Å². The highest BCUT2D eigenvalue weighted by Crippen LogP contribution is 2.37. The second-order valence-corrected chi connectivity index (χ2v) is 5.73. The Labute approximate surface area is 146 Å². The van der Waals surface area contributed by atoms with Gasteiger partial charge in [0.15, 0.2) is 17.3 Å². The topological polar surface area (TPSA) is 64.6 Å². The van der Waals surface area contributed by atoms with Gasteiger partial charge in [-0.3, -0.25) is 9.59 Å². The van der Waals surface area contributed by atoms with Crippen LogP contribution in [0.25, 0.3) is 0 Å². The van der Waals surface area contributed by atoms with Crippen LogP contribution in [0.3, 0.4) is 0 Å². The number of ketones is 1. The number of benzene rings is 2. The molecule has 2 aromatic carbocycles. The monoisotopic (exact) mass is 365 g/mol. The second-order valence-electron chi connectivity index (χ2n) is 5.73. The van der Waals surface area contributed by atoms with E-state index in [1.165, 1.54) is 31.2 Å². The van der Waals surface area contributed by atoms with Crippen molar-refractivity contribution >= 4 is 17.4 Å². The fraction of sp³-hybridized carbons (Fsp3) is 0.222. The number of ether oxygens (including phenoxy) is 2. The molecule has 2 aromatic rings. The van der Waals surface area contributed by atoms with Gasteiger partial charge in [-0.1, -0.05) is 18.2 Å². The second kappa shape index (κ2) is 6.70. The molecule has 0 radical (unpaired) electrons. The van der Waals surface area contributed by atoms with Crippen molar-refractivity contribution < 1.29 is 32.2 Å². The third-order valence-electron chi connectivity index (χ3n) is 3.79. The van der Waals surface area contributed by atoms with Crippen molar-refractivity contribution in [2.75, 3.05) is 12.1 Å². The summed E-state index contributed by atoms with van der Waals surface area (Å²) in [5.74, 6) is -0.0706. The van der Waals surface area contributed by atoms with Crippen molar-refractivity contribution in [1.29, 1.82) is 0 Å². The number of hydrogen-bond acceptors (Lipinski definition) is 4. The summed E-state index contributed by atoms with van der Waals surface area (Å²) in [5.41, 5.74) is -0.164. The first-order chi connectivity index (χ1) is 12.2. The number of nitrogens with one attached hydrogen (secondary N) is 1. The standard InChI is InChI=1S/C18H14F3NO4/c1-10(23)13-7-15-16(26-9-25-15)8-14(13)22-17(24)6-11-3-2-4-12(5-11)18(19,20)21/h2-5,7-8H,6,9H2,1H3,(H,22,24). The predicted octanol–water partition coefficient (Wildman–Crippen LogP) is 3.82. The van der Waals surface area contributed by atoms with Crippen molar-refractivity contribution in [2.24, 2.45) is 0 Å². The highest BCUT2D eigenvalue weighted by molar-refractivity contribution is 6.05. The maximum atomic E-state index is 12.8. The van der Waals surface area contributed by atoms with Crippen molar-refractivity contribution in [3.05, 3.63) is 53.1 Å². The quantitative estimate of drug-likeness (QED) is 0.837. The highest BCUT2D eigenvalue weighted by atomic mass is 19.4. The van der Waals surface area contributed by atoms with E-state index in [-0.39, 0.29) is 35.8 Å². The van der Waals surface area contributed by atoms with Gasteiger partial charge in [-0.2, -0.15) is 13.2 Å². The van der Waals surface area contributed by atoms with Gasteiger partial charge in [0.2, 0.25) is 12.7 Å². The molecule has 0 atom stereocenters. The Morgan fingerprint density at radius 2 is 1.81 bits per heavy atom. The Balaban J connectivity index is 1.80. The average molecular weight is 365 g/mol. The van der Waals surface area contributed by atoms with Gasteiger partial charge in [0, 0.05) is 11.6 Å². The van der Waals surface area contributed by atoms with Crippen molar-refractivity contribution in [3.63, 3.8) is 0 Å². The molecule has 0 fully saturated rings. The zero-order chi connectivity index (χ0) is 18.9. The summed E-state index contributed by atoms with van der Waals surface area (Å²) in [4.78, 5) is 24.0. The van der Waals surface area contributed by atoms with Crippen LogP contribution in [-0.4, -0.2) is 18.5 Å². The number of Topliss-reactive ketones (excluding diaryl/α,β-unsaturated/α-hetero) is 1. The van der Waals surface area contributed by atoms with Gasteiger partial charge >= 0.3 is 6.18 Å². The van der Waals surface area contributed by atoms with Crippen LogP contribution in [0.4, 0.5) is 18.9 Å². The summed E-state index contributed by atoms with van der Waals surface area (Å²) in [5, 5.41) is 2.55. The molecule has 1 aliphatic rings. The van der Waals surface area contributed by atoms with E-state index in [1.54, 1.807) is 0 Å². The Morgan fingerprint density at radius 3 is 2.46 bits per heavy atom. The molecule has 5 nitrogen and oxygen atoms in total. The van der Waals surface area contributed by atoms with E-state index in [0.717, 1.165) is 12.1 Å². The SMILES string of the molecule is CC(=O)c1cc2c(cc1NC(=O)Cc1cccc(C(F)(F)F)c1)OCO2. The maximum absolute atomic E-state index is 12.8. The van der Waals surface area contributed by atoms with Gasteiger partial charge in [-0.05, 0) is 24.6 Å². The van der Waals surface area contributed by atoms with E-state index >= 15 is 0 Å². The number of carbonyl (C=O) groups is 2. The highest BCUT2D eigenvalue weighted by Gasteiger charge is 2.30. The zero-order valence-corrected chi connectivity index (χ0v) is 13.6. The lowest BCUT2D eigenvalue weighted by Gasteiger charge is -2.12. The van der Waals surface area contributed by atoms with Crippen LogP contribution in [0.2, 0.25) is 0 Å². The number of halogens is 3. The molecule has 1 amide bonds. The fourth-order valence-electron chi connectivity index (χ4n) is 2.57. The third kappa shape index (κ3) is 3.79. The molecule has 1 N–H and O–H groups in total. The molecule has 8 heteroatoms. The number of amides is 1. The number of anilines is 1. The van der Waals surface area contributed by atoms with Crippen LogP contribution in [0, 0.1) is 0 Å². The third-order valence-corrected chi connectivity index (χ3v) is 3.79. The predicted molar refractivity (Wildman–Crippen MR) is 86.3 cm³/mol. The molecule has 1 heterocycles. The number of fused-ring (bicyclic) bond motifs is 1. The van der Waals surface area contributed by atoms with Gasteiger partial charge in [-0.25, -0.2) is 0 Å². The number of hydrogen-bond donors (Lipinski definition) is 1. The Kier molecular flexibility index (Phi) is 4.58. The van der Waals surface area contributed by atoms with E-state index in [9.17, 15) is 22.8 Å². The first-order valence-corrected chi connectivity index (χ1v) is 7.64.